The summed E-state index contributed by atoms with van der Waals surface area (Å²) >= 11 is 13.4. The Morgan fingerprint density at radius 1 is 1.18 bits per heavy atom. The normalized spacial score (nSPS) is 15.1. The van der Waals surface area contributed by atoms with Gasteiger partial charge >= 0.3 is 0 Å². The summed E-state index contributed by atoms with van der Waals surface area (Å²) < 4.78 is 33.6. The van der Waals surface area contributed by atoms with E-state index in [1.54, 1.807) is 53.6 Å². The van der Waals surface area contributed by atoms with Crippen LogP contribution in [0.2, 0.25) is 10.0 Å². The van der Waals surface area contributed by atoms with Crippen LogP contribution in [-0.2, 0) is 14.8 Å². The van der Waals surface area contributed by atoms with Crippen LogP contribution >= 0.6 is 34.5 Å². The highest BCUT2D eigenvalue weighted by atomic mass is 35.5. The number of amides is 1. The SMILES string of the molecule is C[C@@H](Oc1cccc(Cl)c1Cl)C(=O)N1CCN(c2cccc(S(=O)(=O)Nc3nccs3)c2)CC1.[HH]. The van der Waals surface area contributed by atoms with E-state index >= 15 is 0 Å². The fourth-order valence-electron chi connectivity index (χ4n) is 3.55. The molecule has 2 heterocycles. The van der Waals surface area contributed by atoms with Crippen molar-refractivity contribution in [3.63, 3.8) is 0 Å². The van der Waals surface area contributed by atoms with E-state index in [1.165, 1.54) is 17.5 Å². The van der Waals surface area contributed by atoms with E-state index in [2.05, 4.69) is 9.71 Å². The van der Waals surface area contributed by atoms with Crippen LogP contribution in [0.25, 0.3) is 0 Å². The Labute approximate surface area is 213 Å². The molecule has 3 aromatic rings. The van der Waals surface area contributed by atoms with Gasteiger partial charge in [0.25, 0.3) is 15.9 Å². The zero-order valence-electron chi connectivity index (χ0n) is 18.1. The molecular weight excluding hydrogens is 519 g/mol. The van der Waals surface area contributed by atoms with E-state index in [4.69, 9.17) is 27.9 Å². The number of piperazine rings is 1. The highest BCUT2D eigenvalue weighted by molar-refractivity contribution is 7.93. The van der Waals surface area contributed by atoms with Gasteiger partial charge in [0.15, 0.2) is 11.2 Å². The van der Waals surface area contributed by atoms with E-state index < -0.39 is 16.1 Å². The number of carbonyl (C=O) groups is 1. The molecule has 0 unspecified atom stereocenters. The number of hydrogen-bond acceptors (Lipinski definition) is 7. The van der Waals surface area contributed by atoms with Crippen LogP contribution in [0, 0.1) is 0 Å². The zero-order chi connectivity index (χ0) is 24.3. The number of aromatic nitrogens is 1. The fourth-order valence-corrected chi connectivity index (χ4v) is 5.72. The third-order valence-electron chi connectivity index (χ3n) is 5.31. The molecule has 1 aromatic heterocycles. The first kappa shape index (κ1) is 24.6. The molecule has 1 N–H and O–H groups in total. The maximum absolute atomic E-state index is 12.9. The highest BCUT2D eigenvalue weighted by Gasteiger charge is 2.27. The van der Waals surface area contributed by atoms with Crippen LogP contribution in [0.5, 0.6) is 5.75 Å². The average molecular weight is 543 g/mol. The summed E-state index contributed by atoms with van der Waals surface area (Å²) in [7, 11) is -3.75. The molecule has 182 valence electrons. The molecule has 1 amide bonds. The minimum absolute atomic E-state index is 0. The number of benzene rings is 2. The lowest BCUT2D eigenvalue weighted by Crippen LogP contribution is -2.52. The Hall–Kier alpha value is -2.53. The number of ether oxygens (including phenoxy) is 1. The van der Waals surface area contributed by atoms with Crippen molar-refractivity contribution in [1.82, 2.24) is 9.88 Å². The van der Waals surface area contributed by atoms with E-state index in [-0.39, 0.29) is 17.3 Å². The molecule has 8 nitrogen and oxygen atoms in total. The second-order valence-electron chi connectivity index (χ2n) is 7.56. The molecule has 4 rings (SSSR count). The fraction of sp³-hybridized carbons (Fsp3) is 0.273. The van der Waals surface area contributed by atoms with Crippen LogP contribution in [0.1, 0.15) is 8.35 Å². The van der Waals surface area contributed by atoms with Gasteiger partial charge in [0.2, 0.25) is 0 Å². The van der Waals surface area contributed by atoms with Crippen molar-refractivity contribution in [2.45, 2.75) is 17.9 Å². The summed E-state index contributed by atoms with van der Waals surface area (Å²) in [6.45, 7) is 3.74. The lowest BCUT2D eigenvalue weighted by molar-refractivity contribution is -0.138. The average Bonchev–Trinajstić information content (AvgIpc) is 3.34. The Balaban J connectivity index is 0.00000342. The number of sulfonamides is 1. The molecule has 0 aliphatic carbocycles. The minimum Gasteiger partial charge on any atom is -0.479 e. The Kier molecular flexibility index (Phi) is 7.51. The highest BCUT2D eigenvalue weighted by Crippen LogP contribution is 2.32. The van der Waals surface area contributed by atoms with Gasteiger partial charge in [-0.25, -0.2) is 13.4 Å². The van der Waals surface area contributed by atoms with Crippen LogP contribution in [0.4, 0.5) is 10.8 Å². The van der Waals surface area contributed by atoms with Crippen molar-refractivity contribution in [3.05, 3.63) is 64.1 Å². The summed E-state index contributed by atoms with van der Waals surface area (Å²) in [6.07, 6.45) is 0.808. The van der Waals surface area contributed by atoms with Crippen molar-refractivity contribution >= 4 is 61.3 Å². The van der Waals surface area contributed by atoms with E-state index in [9.17, 15) is 13.2 Å². The number of halogens is 2. The topological polar surface area (TPSA) is 91.8 Å². The van der Waals surface area contributed by atoms with Crippen LogP contribution in [0.3, 0.4) is 0 Å². The second-order valence-corrected chi connectivity index (χ2v) is 10.9. The van der Waals surface area contributed by atoms with Gasteiger partial charge in [-0.2, -0.15) is 0 Å². The number of rotatable bonds is 7. The first-order chi connectivity index (χ1) is 16.2. The standard InChI is InChI=1S/C22H22Cl2N4O4S2.H2/c1-15(32-19-7-3-6-18(23)20(19)24)21(29)28-11-9-27(10-12-28)16-4-2-5-17(14-16)34(30,31)26-22-25-8-13-33-22;/h2-8,13-15H,9-12H2,1H3,(H,25,26);1H/t15-;/m1./s1. The summed E-state index contributed by atoms with van der Waals surface area (Å²) in [5.41, 5.74) is 0.768. The smallest absolute Gasteiger partial charge is 0.263 e. The summed E-state index contributed by atoms with van der Waals surface area (Å²) in [4.78, 5) is 20.8. The number of thiazole rings is 1. The predicted molar refractivity (Wildman–Crippen MR) is 137 cm³/mol. The summed E-state index contributed by atoms with van der Waals surface area (Å²) in [6, 6.07) is 11.7. The molecule has 1 saturated heterocycles. The third kappa shape index (κ3) is 5.57. The molecule has 0 bridgehead atoms. The Bertz CT molecular complexity index is 1270. The molecule has 1 atom stereocenters. The van der Waals surface area contributed by atoms with Crippen molar-refractivity contribution in [2.24, 2.45) is 0 Å². The monoisotopic (exact) mass is 542 g/mol. The van der Waals surface area contributed by atoms with Gasteiger partial charge < -0.3 is 14.5 Å². The van der Waals surface area contributed by atoms with Crippen molar-refractivity contribution in [2.75, 3.05) is 35.8 Å². The molecule has 0 spiro atoms. The lowest BCUT2D eigenvalue weighted by Gasteiger charge is -2.37. The molecule has 1 fully saturated rings. The Morgan fingerprint density at radius 3 is 2.62 bits per heavy atom. The maximum atomic E-state index is 12.9. The van der Waals surface area contributed by atoms with Gasteiger partial charge in [-0.05, 0) is 37.3 Å². The van der Waals surface area contributed by atoms with E-state index in [1.807, 2.05) is 11.0 Å². The Morgan fingerprint density at radius 2 is 1.91 bits per heavy atom. The van der Waals surface area contributed by atoms with Gasteiger partial charge in [-0.1, -0.05) is 35.3 Å². The lowest BCUT2D eigenvalue weighted by atomic mass is 10.2. The zero-order valence-corrected chi connectivity index (χ0v) is 21.3. The quantitative estimate of drug-likeness (QED) is 0.468. The molecule has 0 radical (unpaired) electrons. The third-order valence-corrected chi connectivity index (χ3v) is 8.26. The van der Waals surface area contributed by atoms with Gasteiger partial charge in [-0.3, -0.25) is 9.52 Å². The van der Waals surface area contributed by atoms with Crippen molar-refractivity contribution < 1.29 is 19.4 Å². The molecule has 1 aliphatic rings. The summed E-state index contributed by atoms with van der Waals surface area (Å²) in [5.74, 6) is 0.206. The van der Waals surface area contributed by atoms with Gasteiger partial charge in [0.1, 0.15) is 10.8 Å². The second kappa shape index (κ2) is 10.4. The number of carbonyl (C=O) groups excluding carboxylic acids is 1. The van der Waals surface area contributed by atoms with Crippen LogP contribution in [0.15, 0.2) is 58.9 Å². The number of nitrogens with one attached hydrogen (secondary N) is 1. The van der Waals surface area contributed by atoms with Crippen LogP contribution in [-0.4, -0.2) is 56.5 Å². The largest absolute Gasteiger partial charge is 0.479 e. The number of nitrogens with zero attached hydrogens (tertiary/aromatic N) is 3. The molecule has 2 aromatic carbocycles. The number of anilines is 2. The molecule has 34 heavy (non-hydrogen) atoms. The maximum Gasteiger partial charge on any atom is 0.263 e. The predicted octanol–water partition coefficient (Wildman–Crippen LogP) is 4.61. The van der Waals surface area contributed by atoms with Gasteiger partial charge in [0.05, 0.1) is 9.92 Å². The van der Waals surface area contributed by atoms with Crippen LogP contribution < -0.4 is 14.4 Å². The molecular formula is C22H24Cl2N4O4S2. The van der Waals surface area contributed by atoms with E-state index in [0.717, 1.165) is 5.69 Å². The van der Waals surface area contributed by atoms with E-state index in [0.29, 0.717) is 42.1 Å². The molecule has 1 aliphatic heterocycles. The van der Waals surface area contributed by atoms with Gasteiger partial charge in [0, 0.05) is 44.9 Å². The molecule has 12 heteroatoms. The van der Waals surface area contributed by atoms with Gasteiger partial charge in [-0.15, -0.1) is 11.3 Å². The first-order valence-electron chi connectivity index (χ1n) is 10.4. The van der Waals surface area contributed by atoms with Crippen molar-refractivity contribution in [1.29, 1.82) is 0 Å². The van der Waals surface area contributed by atoms with Crippen molar-refractivity contribution in [3.8, 4) is 5.75 Å². The minimum atomic E-state index is -3.75. The number of hydrogen-bond donors (Lipinski definition) is 1. The molecule has 0 saturated carbocycles. The summed E-state index contributed by atoms with van der Waals surface area (Å²) in [5, 5.41) is 2.64. The first-order valence-corrected chi connectivity index (χ1v) is 13.5.